The second-order valence-electron chi connectivity index (χ2n) is 8.73. The van der Waals surface area contributed by atoms with Gasteiger partial charge in [-0.25, -0.2) is 9.97 Å². The minimum atomic E-state index is 0.0175. The lowest BCUT2D eigenvalue weighted by Crippen LogP contribution is -2.41. The molecule has 0 spiro atoms. The largest absolute Gasteiger partial charge is 0.353 e. The van der Waals surface area contributed by atoms with E-state index in [1.54, 1.807) is 0 Å². The summed E-state index contributed by atoms with van der Waals surface area (Å²) in [6.07, 6.45) is 6.92. The molecule has 1 aliphatic heterocycles. The Hall–Kier alpha value is -1.98. The summed E-state index contributed by atoms with van der Waals surface area (Å²) in [7, 11) is 0. The highest BCUT2D eigenvalue weighted by Crippen LogP contribution is 2.27. The summed E-state index contributed by atoms with van der Waals surface area (Å²) >= 11 is 0. The third kappa shape index (κ3) is 4.89. The Morgan fingerprint density at radius 1 is 1.07 bits per heavy atom. The lowest BCUT2D eigenvalue weighted by Gasteiger charge is -2.33. The van der Waals surface area contributed by atoms with Gasteiger partial charge in [0.15, 0.2) is 0 Å². The lowest BCUT2D eigenvalue weighted by molar-refractivity contribution is -0.135. The quantitative estimate of drug-likeness (QED) is 0.844. The van der Waals surface area contributed by atoms with E-state index in [1.807, 2.05) is 32.6 Å². The highest BCUT2D eigenvalue weighted by molar-refractivity contribution is 5.79. The van der Waals surface area contributed by atoms with Crippen molar-refractivity contribution < 1.29 is 9.59 Å². The van der Waals surface area contributed by atoms with Crippen molar-refractivity contribution in [3.63, 3.8) is 0 Å². The van der Waals surface area contributed by atoms with Gasteiger partial charge in [0.2, 0.25) is 11.8 Å². The number of piperidine rings is 1. The molecule has 1 unspecified atom stereocenters. The van der Waals surface area contributed by atoms with Gasteiger partial charge in [-0.1, -0.05) is 26.7 Å². The summed E-state index contributed by atoms with van der Waals surface area (Å²) in [5.74, 6) is 1.29. The van der Waals surface area contributed by atoms with Crippen molar-refractivity contribution in [2.75, 3.05) is 13.1 Å². The van der Waals surface area contributed by atoms with Crippen molar-refractivity contribution in [3.8, 4) is 0 Å². The predicted molar refractivity (Wildman–Crippen MR) is 109 cm³/mol. The van der Waals surface area contributed by atoms with E-state index in [-0.39, 0.29) is 23.7 Å². The highest BCUT2D eigenvalue weighted by atomic mass is 16.2. The van der Waals surface area contributed by atoms with Gasteiger partial charge < -0.3 is 10.2 Å². The van der Waals surface area contributed by atoms with Gasteiger partial charge in [0.1, 0.15) is 5.82 Å². The average molecular weight is 387 g/mol. The first kappa shape index (κ1) is 20.7. The second kappa shape index (κ2) is 9.01. The number of rotatable bonds is 5. The van der Waals surface area contributed by atoms with E-state index < -0.39 is 0 Å². The zero-order valence-electron chi connectivity index (χ0n) is 17.8. The number of aryl methyl sites for hydroxylation is 2. The standard InChI is InChI=1S/C22H34N4O2/c1-14(2)22(28)26-11-7-8-17(13-26)21-23-15(3)19(16(4)24-21)12-20(27)25-18-9-5-6-10-18/h14,17-18H,5-13H2,1-4H3,(H,25,27). The summed E-state index contributed by atoms with van der Waals surface area (Å²) in [6.45, 7) is 9.35. The van der Waals surface area contributed by atoms with Gasteiger partial charge >= 0.3 is 0 Å². The fourth-order valence-corrected chi connectivity index (χ4v) is 4.47. The molecule has 1 saturated carbocycles. The fraction of sp³-hybridized carbons (Fsp3) is 0.727. The fourth-order valence-electron chi connectivity index (χ4n) is 4.47. The minimum absolute atomic E-state index is 0.0175. The Balaban J connectivity index is 1.68. The monoisotopic (exact) mass is 386 g/mol. The summed E-state index contributed by atoms with van der Waals surface area (Å²) < 4.78 is 0. The number of nitrogens with one attached hydrogen (secondary N) is 1. The van der Waals surface area contributed by atoms with Crippen LogP contribution in [0.1, 0.15) is 81.1 Å². The molecule has 1 atom stereocenters. The molecular weight excluding hydrogens is 352 g/mol. The molecule has 1 saturated heterocycles. The van der Waals surface area contributed by atoms with Gasteiger partial charge in [-0.3, -0.25) is 9.59 Å². The van der Waals surface area contributed by atoms with Gasteiger partial charge in [0.25, 0.3) is 0 Å². The van der Waals surface area contributed by atoms with Crippen LogP contribution in [0, 0.1) is 19.8 Å². The molecule has 1 aromatic rings. The molecule has 1 aliphatic carbocycles. The normalized spacial score (nSPS) is 20.6. The first-order chi connectivity index (χ1) is 13.3. The predicted octanol–water partition coefficient (Wildman–Crippen LogP) is 3.06. The van der Waals surface area contributed by atoms with Crippen LogP contribution in [-0.4, -0.2) is 45.8 Å². The zero-order valence-corrected chi connectivity index (χ0v) is 17.8. The molecule has 6 heteroatoms. The van der Waals surface area contributed by atoms with Crippen molar-refractivity contribution in [1.29, 1.82) is 0 Å². The van der Waals surface area contributed by atoms with Crippen molar-refractivity contribution in [1.82, 2.24) is 20.2 Å². The number of carbonyl (C=O) groups is 2. The average Bonchev–Trinajstić information content (AvgIpc) is 3.16. The van der Waals surface area contributed by atoms with Crippen molar-refractivity contribution >= 4 is 11.8 Å². The van der Waals surface area contributed by atoms with E-state index in [2.05, 4.69) is 5.32 Å². The summed E-state index contributed by atoms with van der Waals surface area (Å²) in [5, 5.41) is 3.15. The maximum Gasteiger partial charge on any atom is 0.225 e. The smallest absolute Gasteiger partial charge is 0.225 e. The number of hydrogen-bond acceptors (Lipinski definition) is 4. The number of amides is 2. The number of hydrogen-bond donors (Lipinski definition) is 1. The van der Waals surface area contributed by atoms with Crippen LogP contribution in [0.25, 0.3) is 0 Å². The third-order valence-corrected chi connectivity index (χ3v) is 6.09. The Kier molecular flexibility index (Phi) is 6.68. The van der Waals surface area contributed by atoms with Crippen LogP contribution in [0.2, 0.25) is 0 Å². The molecule has 28 heavy (non-hydrogen) atoms. The van der Waals surface area contributed by atoms with Crippen LogP contribution in [-0.2, 0) is 16.0 Å². The molecule has 2 amide bonds. The van der Waals surface area contributed by atoms with E-state index in [0.717, 1.165) is 55.0 Å². The number of aromatic nitrogens is 2. The van der Waals surface area contributed by atoms with E-state index in [1.165, 1.54) is 12.8 Å². The van der Waals surface area contributed by atoms with Crippen molar-refractivity contribution in [2.45, 2.75) is 84.6 Å². The molecule has 3 rings (SSSR count). The first-order valence-corrected chi connectivity index (χ1v) is 10.8. The Labute approximate surface area is 168 Å². The molecule has 1 N–H and O–H groups in total. The summed E-state index contributed by atoms with van der Waals surface area (Å²) in [6, 6.07) is 0.333. The van der Waals surface area contributed by atoms with Gasteiger partial charge in [0, 0.05) is 47.9 Å². The van der Waals surface area contributed by atoms with Crippen molar-refractivity contribution in [2.24, 2.45) is 5.92 Å². The van der Waals surface area contributed by atoms with Crippen LogP contribution in [0.5, 0.6) is 0 Å². The maximum absolute atomic E-state index is 12.4. The van der Waals surface area contributed by atoms with Crippen LogP contribution >= 0.6 is 0 Å². The SMILES string of the molecule is Cc1nc(C2CCCN(C(=O)C(C)C)C2)nc(C)c1CC(=O)NC1CCCC1. The summed E-state index contributed by atoms with van der Waals surface area (Å²) in [4.78, 5) is 36.3. The van der Waals surface area contributed by atoms with E-state index >= 15 is 0 Å². The molecule has 2 heterocycles. The number of likely N-dealkylation sites (tertiary alicyclic amines) is 1. The molecule has 0 bridgehead atoms. The molecule has 2 aliphatic rings. The van der Waals surface area contributed by atoms with E-state index in [9.17, 15) is 9.59 Å². The molecule has 6 nitrogen and oxygen atoms in total. The van der Waals surface area contributed by atoms with E-state index in [0.29, 0.717) is 19.0 Å². The van der Waals surface area contributed by atoms with Gasteiger partial charge in [0.05, 0.1) is 6.42 Å². The first-order valence-electron chi connectivity index (χ1n) is 10.8. The second-order valence-corrected chi connectivity index (χ2v) is 8.73. The third-order valence-electron chi connectivity index (χ3n) is 6.09. The molecule has 0 radical (unpaired) electrons. The van der Waals surface area contributed by atoms with Gasteiger partial charge in [-0.05, 0) is 39.5 Å². The lowest BCUT2D eigenvalue weighted by atomic mass is 9.95. The molecule has 1 aromatic heterocycles. The van der Waals surface area contributed by atoms with Crippen LogP contribution in [0.4, 0.5) is 0 Å². The Morgan fingerprint density at radius 2 is 1.71 bits per heavy atom. The Morgan fingerprint density at radius 3 is 2.32 bits per heavy atom. The van der Waals surface area contributed by atoms with Gasteiger partial charge in [-0.2, -0.15) is 0 Å². The molecule has 0 aromatic carbocycles. The molecule has 154 valence electrons. The maximum atomic E-state index is 12.4. The summed E-state index contributed by atoms with van der Waals surface area (Å²) in [5.41, 5.74) is 2.71. The highest BCUT2D eigenvalue weighted by Gasteiger charge is 2.28. The van der Waals surface area contributed by atoms with Gasteiger partial charge in [-0.15, -0.1) is 0 Å². The topological polar surface area (TPSA) is 75.2 Å². The number of carbonyl (C=O) groups excluding carboxylic acids is 2. The van der Waals surface area contributed by atoms with Crippen LogP contribution in [0.3, 0.4) is 0 Å². The van der Waals surface area contributed by atoms with Crippen LogP contribution < -0.4 is 5.32 Å². The van der Waals surface area contributed by atoms with Crippen LogP contribution in [0.15, 0.2) is 0 Å². The molecule has 2 fully saturated rings. The van der Waals surface area contributed by atoms with E-state index in [4.69, 9.17) is 9.97 Å². The Bertz CT molecular complexity index is 702. The van der Waals surface area contributed by atoms with Crippen molar-refractivity contribution in [3.05, 3.63) is 22.8 Å². The molecular formula is C22H34N4O2. The minimum Gasteiger partial charge on any atom is -0.353 e. The number of nitrogens with zero attached hydrogens (tertiary/aromatic N) is 3. The zero-order chi connectivity index (χ0) is 20.3.